The maximum absolute atomic E-state index is 13.1. The molecule has 0 unspecified atom stereocenters. The molecule has 3 aromatic rings. The molecule has 0 saturated heterocycles. The van der Waals surface area contributed by atoms with Crippen molar-refractivity contribution in [3.63, 3.8) is 0 Å². The smallest absolute Gasteiger partial charge is 0.312 e. The lowest BCUT2D eigenvalue weighted by molar-refractivity contribution is -0.0903. The highest BCUT2D eigenvalue weighted by atomic mass is 32.2. The topological polar surface area (TPSA) is 91.2 Å². The summed E-state index contributed by atoms with van der Waals surface area (Å²) in [5.74, 6) is -0.0776. The molecule has 2 heterocycles. The van der Waals surface area contributed by atoms with E-state index in [0.717, 1.165) is 13.0 Å². The first-order valence-corrected chi connectivity index (χ1v) is 11.7. The Kier molecular flexibility index (Phi) is 6.18. The van der Waals surface area contributed by atoms with Crippen molar-refractivity contribution in [3.05, 3.63) is 33.9 Å². The van der Waals surface area contributed by atoms with Gasteiger partial charge in [-0.3, -0.25) is 9.13 Å². The Labute approximate surface area is 188 Å². The fraction of sp³-hybridized carbons (Fsp3) is 0.381. The number of halogens is 3. The quantitative estimate of drug-likeness (QED) is 0.498. The average Bonchev–Trinajstić information content (AvgIpc) is 3.18. The summed E-state index contributed by atoms with van der Waals surface area (Å²) in [5.41, 5.74) is -0.247. The Morgan fingerprint density at radius 3 is 2.33 bits per heavy atom. The minimum atomic E-state index is -4.56. The second kappa shape index (κ2) is 8.32. The molecule has 0 bridgehead atoms. The molecule has 2 aromatic heterocycles. The summed E-state index contributed by atoms with van der Waals surface area (Å²) in [7, 11) is -0.734. The lowest BCUT2D eigenvalue weighted by Crippen LogP contribution is -2.21. The van der Waals surface area contributed by atoms with Crippen molar-refractivity contribution in [2.45, 2.75) is 38.4 Å². The van der Waals surface area contributed by atoms with Crippen LogP contribution in [0.3, 0.4) is 0 Å². The van der Waals surface area contributed by atoms with Crippen molar-refractivity contribution in [2.75, 3.05) is 5.75 Å². The van der Waals surface area contributed by atoms with Gasteiger partial charge in [0.05, 0.1) is 21.7 Å². The number of aryl methyl sites for hydroxylation is 2. The number of nitrogens with zero attached hydrogens (tertiary/aromatic N) is 5. The first kappa shape index (κ1) is 24.5. The molecule has 12 heteroatoms. The molecule has 0 spiro atoms. The highest BCUT2D eigenvalue weighted by Gasteiger charge is 2.31. The largest absolute Gasteiger partial charge is 0.412 e. The second-order valence-electron chi connectivity index (χ2n) is 7.51. The summed E-state index contributed by atoms with van der Waals surface area (Å²) in [6.45, 7) is 7.93. The van der Waals surface area contributed by atoms with Crippen molar-refractivity contribution in [1.82, 2.24) is 18.7 Å². The van der Waals surface area contributed by atoms with Crippen LogP contribution in [0.5, 0.6) is 0 Å². The molecule has 0 amide bonds. The van der Waals surface area contributed by atoms with E-state index in [2.05, 4.69) is 16.7 Å². The van der Waals surface area contributed by atoms with Crippen molar-refractivity contribution in [1.29, 1.82) is 0 Å². The van der Waals surface area contributed by atoms with E-state index in [1.165, 1.54) is 39.8 Å². The number of fused-ring (bicyclic) bond motifs is 1. The van der Waals surface area contributed by atoms with Gasteiger partial charge in [-0.05, 0) is 38.8 Å². The summed E-state index contributed by atoms with van der Waals surface area (Å²) >= 11 is 0. The van der Waals surface area contributed by atoms with Crippen LogP contribution in [0.15, 0.2) is 32.4 Å². The van der Waals surface area contributed by atoms with Gasteiger partial charge in [0.2, 0.25) is 0 Å². The Morgan fingerprint density at radius 1 is 1.18 bits per heavy atom. The van der Waals surface area contributed by atoms with Gasteiger partial charge in [-0.15, -0.1) is 0 Å². The van der Waals surface area contributed by atoms with E-state index in [9.17, 15) is 26.4 Å². The zero-order valence-corrected chi connectivity index (χ0v) is 19.7. The Morgan fingerprint density at radius 2 is 1.82 bits per heavy atom. The third-order valence-corrected chi connectivity index (χ3v) is 7.33. The number of benzene rings is 1. The summed E-state index contributed by atoms with van der Waals surface area (Å²) < 4.78 is 69.5. The van der Waals surface area contributed by atoms with Crippen molar-refractivity contribution in [2.24, 2.45) is 19.1 Å². The average molecular weight is 484 g/mol. The van der Waals surface area contributed by atoms with Gasteiger partial charge in [0.15, 0.2) is 15.7 Å². The lowest BCUT2D eigenvalue weighted by Gasteiger charge is -2.11. The molecule has 0 radical (unpaired) electrons. The first-order valence-electron chi connectivity index (χ1n) is 10.0. The molecular weight excluding hydrogens is 459 g/mol. The van der Waals surface area contributed by atoms with E-state index < -0.39 is 21.6 Å². The van der Waals surface area contributed by atoms with Gasteiger partial charge in [-0.1, -0.05) is 6.92 Å². The highest BCUT2D eigenvalue weighted by molar-refractivity contribution is 7.91. The summed E-state index contributed by atoms with van der Waals surface area (Å²) in [6, 6.07) is 2.94. The van der Waals surface area contributed by atoms with E-state index in [4.69, 9.17) is 0 Å². The highest BCUT2D eigenvalue weighted by Crippen LogP contribution is 2.36. The van der Waals surface area contributed by atoms with Gasteiger partial charge in [0.1, 0.15) is 11.5 Å². The van der Waals surface area contributed by atoms with E-state index in [1.807, 2.05) is 0 Å². The van der Waals surface area contributed by atoms with Crippen molar-refractivity contribution in [3.8, 4) is 11.4 Å². The monoisotopic (exact) mass is 483 g/mol. The molecule has 0 atom stereocenters. The molecule has 1 aromatic carbocycles. The number of allylic oxidation sites excluding steroid dienone is 1. The fourth-order valence-corrected chi connectivity index (χ4v) is 4.73. The van der Waals surface area contributed by atoms with Gasteiger partial charge >= 0.3 is 11.9 Å². The second-order valence-corrected chi connectivity index (χ2v) is 9.76. The zero-order valence-electron chi connectivity index (χ0n) is 18.9. The molecule has 0 N–H and O–H groups in total. The number of imidazole rings is 2. The molecule has 0 saturated carbocycles. The van der Waals surface area contributed by atoms with E-state index in [0.29, 0.717) is 17.6 Å². The SMILES string of the molecule is C=Nc1c(/C=C(\C)C(F)(F)F)nc(-c2cc3c(cc2S(=O)(=O)CC)n(C)c(=O)n3CC)n1C. The van der Waals surface area contributed by atoms with Crippen LogP contribution in [-0.4, -0.2) is 45.7 Å². The zero-order chi connectivity index (χ0) is 24.9. The van der Waals surface area contributed by atoms with Crippen molar-refractivity contribution < 1.29 is 21.6 Å². The molecule has 33 heavy (non-hydrogen) atoms. The Balaban J connectivity index is 2.46. The lowest BCUT2D eigenvalue weighted by atomic mass is 10.1. The van der Waals surface area contributed by atoms with Crippen LogP contribution >= 0.6 is 0 Å². The van der Waals surface area contributed by atoms with Crippen LogP contribution in [0.4, 0.5) is 19.0 Å². The normalized spacial score (nSPS) is 13.2. The summed E-state index contributed by atoms with van der Waals surface area (Å²) in [4.78, 5) is 20.6. The number of aromatic nitrogens is 4. The number of rotatable bonds is 6. The molecule has 3 rings (SSSR count). The number of aliphatic imine (C=N–C) groups is 1. The van der Waals surface area contributed by atoms with Crippen molar-refractivity contribution >= 4 is 39.5 Å². The fourth-order valence-electron chi connectivity index (χ4n) is 3.65. The third kappa shape index (κ3) is 4.03. The maximum atomic E-state index is 13.1. The maximum Gasteiger partial charge on any atom is 0.412 e. The summed E-state index contributed by atoms with van der Waals surface area (Å²) in [6.07, 6.45) is -3.72. The first-order chi connectivity index (χ1) is 15.3. The summed E-state index contributed by atoms with van der Waals surface area (Å²) in [5, 5.41) is 0. The molecule has 178 valence electrons. The Bertz CT molecular complexity index is 1460. The van der Waals surface area contributed by atoms with Gasteiger partial charge in [0.25, 0.3) is 0 Å². The van der Waals surface area contributed by atoms with E-state index in [1.54, 1.807) is 14.0 Å². The third-order valence-electron chi connectivity index (χ3n) is 5.56. The van der Waals surface area contributed by atoms with E-state index in [-0.39, 0.29) is 39.2 Å². The number of hydrogen-bond donors (Lipinski definition) is 0. The molecule has 0 aliphatic rings. The minimum absolute atomic E-state index is 0.0505. The molecule has 8 nitrogen and oxygen atoms in total. The molecular formula is C21H24F3N5O3S. The van der Waals surface area contributed by atoms with Crippen LogP contribution in [0.1, 0.15) is 26.5 Å². The van der Waals surface area contributed by atoms with Crippen LogP contribution in [0.25, 0.3) is 28.5 Å². The predicted octanol–water partition coefficient (Wildman–Crippen LogP) is 3.85. The number of hydrogen-bond acceptors (Lipinski definition) is 5. The van der Waals surface area contributed by atoms with Gasteiger partial charge < -0.3 is 4.57 Å². The minimum Gasteiger partial charge on any atom is -0.312 e. The standard InChI is InChI=1S/C21H24F3N5O3S/c1-7-29-16-10-13(17(33(31,32)8-2)11-15(16)27(5)20(29)30)18-26-14(19(25-4)28(18)6)9-12(3)21(22,23)24/h9-11H,4,7-8H2,1-3,5-6H3/b12-9+. The van der Waals surface area contributed by atoms with Gasteiger partial charge in [-0.25, -0.2) is 23.2 Å². The predicted molar refractivity (Wildman–Crippen MR) is 122 cm³/mol. The van der Waals surface area contributed by atoms with Crippen LogP contribution in [0.2, 0.25) is 0 Å². The van der Waals surface area contributed by atoms with Crippen LogP contribution < -0.4 is 5.69 Å². The molecule has 0 fully saturated rings. The van der Waals surface area contributed by atoms with Crippen LogP contribution in [-0.2, 0) is 30.5 Å². The van der Waals surface area contributed by atoms with Gasteiger partial charge in [-0.2, -0.15) is 13.2 Å². The number of sulfone groups is 1. The molecule has 0 aliphatic heterocycles. The number of alkyl halides is 3. The van der Waals surface area contributed by atoms with Crippen LogP contribution in [0, 0.1) is 0 Å². The Hall–Kier alpha value is -3.15. The van der Waals surface area contributed by atoms with E-state index >= 15 is 0 Å². The van der Waals surface area contributed by atoms with Gasteiger partial charge in [0, 0.05) is 31.8 Å². The molecule has 0 aliphatic carbocycles.